The third-order valence-electron chi connectivity index (χ3n) is 6.20. The number of thiocarbonyl (C=S) groups is 1. The van der Waals surface area contributed by atoms with Crippen molar-refractivity contribution in [1.82, 2.24) is 10.7 Å². The molecule has 0 aliphatic heterocycles. The van der Waals surface area contributed by atoms with Gasteiger partial charge in [0.15, 0.2) is 16.6 Å². The maximum Gasteiger partial charge on any atom is 0.187 e. The van der Waals surface area contributed by atoms with Crippen LogP contribution in [0.3, 0.4) is 0 Å². The van der Waals surface area contributed by atoms with Gasteiger partial charge in [-0.15, -0.1) is 0 Å². The summed E-state index contributed by atoms with van der Waals surface area (Å²) in [6, 6.07) is 5.69. The summed E-state index contributed by atoms with van der Waals surface area (Å²) in [7, 11) is 3.25. The number of benzene rings is 1. The number of hydrazone groups is 1. The fourth-order valence-electron chi connectivity index (χ4n) is 5.63. The minimum Gasteiger partial charge on any atom is -0.493 e. The highest BCUT2D eigenvalue weighted by molar-refractivity contribution is 7.80. The lowest BCUT2D eigenvalue weighted by atomic mass is 9.53. The van der Waals surface area contributed by atoms with Crippen LogP contribution in [0, 0.1) is 17.8 Å². The zero-order valence-electron chi connectivity index (χ0n) is 15.5. The Hall–Kier alpha value is -1.82. The molecule has 1 aromatic rings. The standard InChI is InChI=1S/C20H27N3O2S/c1-24-17-4-3-13(8-18(17)25-2)12-21-23-19(26)22-20-9-14-5-15(10-20)7-16(6-14)11-20/h3-4,8,12,14-16H,5-7,9-11H2,1-2H3,(H2,22,23,26)/b21-12+. The van der Waals surface area contributed by atoms with Gasteiger partial charge in [-0.2, -0.15) is 5.10 Å². The Labute approximate surface area is 160 Å². The molecule has 4 saturated carbocycles. The first-order chi connectivity index (χ1) is 12.6. The Morgan fingerprint density at radius 3 is 2.27 bits per heavy atom. The van der Waals surface area contributed by atoms with Crippen molar-refractivity contribution in [3.05, 3.63) is 23.8 Å². The summed E-state index contributed by atoms with van der Waals surface area (Å²) in [4.78, 5) is 0. The van der Waals surface area contributed by atoms with Crippen LogP contribution < -0.4 is 20.2 Å². The van der Waals surface area contributed by atoms with Crippen molar-refractivity contribution in [3.63, 3.8) is 0 Å². The predicted octanol–water partition coefficient (Wildman–Crippen LogP) is 3.47. The molecule has 5 nitrogen and oxygen atoms in total. The van der Waals surface area contributed by atoms with Crippen molar-refractivity contribution in [3.8, 4) is 11.5 Å². The molecule has 0 spiro atoms. The minimum atomic E-state index is 0.206. The minimum absolute atomic E-state index is 0.206. The molecule has 140 valence electrons. The first-order valence-electron chi connectivity index (χ1n) is 9.42. The smallest absolute Gasteiger partial charge is 0.187 e. The van der Waals surface area contributed by atoms with Gasteiger partial charge in [0, 0.05) is 5.54 Å². The van der Waals surface area contributed by atoms with Gasteiger partial charge in [0.05, 0.1) is 20.4 Å². The molecule has 0 amide bonds. The first kappa shape index (κ1) is 17.6. The molecular formula is C20H27N3O2S. The summed E-state index contributed by atoms with van der Waals surface area (Å²) in [6.07, 6.45) is 9.83. The Kier molecular flexibility index (Phi) is 4.78. The van der Waals surface area contributed by atoms with Crippen molar-refractivity contribution in [2.24, 2.45) is 22.9 Å². The van der Waals surface area contributed by atoms with Gasteiger partial charge in [-0.3, -0.25) is 5.43 Å². The van der Waals surface area contributed by atoms with E-state index >= 15 is 0 Å². The van der Waals surface area contributed by atoms with E-state index < -0.39 is 0 Å². The van der Waals surface area contributed by atoms with E-state index in [1.165, 1.54) is 38.5 Å². The number of hydrogen-bond acceptors (Lipinski definition) is 4. The third kappa shape index (κ3) is 3.52. The lowest BCUT2D eigenvalue weighted by molar-refractivity contribution is -0.0101. The van der Waals surface area contributed by atoms with Crippen molar-refractivity contribution in [1.29, 1.82) is 0 Å². The topological polar surface area (TPSA) is 54.9 Å². The van der Waals surface area contributed by atoms with Gasteiger partial charge in [0.1, 0.15) is 0 Å². The molecule has 2 N–H and O–H groups in total. The third-order valence-corrected chi connectivity index (χ3v) is 6.40. The highest BCUT2D eigenvalue weighted by Crippen LogP contribution is 2.55. The van der Waals surface area contributed by atoms with E-state index in [1.807, 2.05) is 18.2 Å². The molecule has 4 aliphatic carbocycles. The molecule has 4 fully saturated rings. The molecule has 6 heteroatoms. The summed E-state index contributed by atoms with van der Waals surface area (Å²) in [5, 5.41) is 8.54. The Morgan fingerprint density at radius 1 is 1.08 bits per heavy atom. The summed E-state index contributed by atoms with van der Waals surface area (Å²) >= 11 is 5.51. The zero-order chi connectivity index (χ0) is 18.1. The van der Waals surface area contributed by atoms with Gasteiger partial charge >= 0.3 is 0 Å². The van der Waals surface area contributed by atoms with E-state index in [2.05, 4.69) is 15.8 Å². The van der Waals surface area contributed by atoms with Crippen molar-refractivity contribution >= 4 is 23.5 Å². The lowest BCUT2D eigenvalue weighted by Crippen LogP contribution is -2.61. The van der Waals surface area contributed by atoms with Crippen LogP contribution in [0.25, 0.3) is 0 Å². The molecule has 1 aromatic carbocycles. The van der Waals surface area contributed by atoms with Gasteiger partial charge < -0.3 is 14.8 Å². The number of methoxy groups -OCH3 is 2. The number of hydrogen-bond donors (Lipinski definition) is 2. The Bertz CT molecular complexity index is 684. The molecule has 4 bridgehead atoms. The number of ether oxygens (including phenoxy) is 2. The van der Waals surface area contributed by atoms with E-state index in [1.54, 1.807) is 20.4 Å². The summed E-state index contributed by atoms with van der Waals surface area (Å²) in [6.45, 7) is 0. The Balaban J connectivity index is 1.35. The monoisotopic (exact) mass is 373 g/mol. The average Bonchev–Trinajstić information content (AvgIpc) is 2.59. The largest absolute Gasteiger partial charge is 0.493 e. The van der Waals surface area contributed by atoms with E-state index in [-0.39, 0.29) is 5.54 Å². The fraction of sp³-hybridized carbons (Fsp3) is 0.600. The summed E-state index contributed by atoms with van der Waals surface area (Å²) in [5.74, 6) is 4.08. The van der Waals surface area contributed by atoms with Gasteiger partial charge in [-0.25, -0.2) is 0 Å². The molecule has 26 heavy (non-hydrogen) atoms. The first-order valence-corrected chi connectivity index (χ1v) is 9.83. The highest BCUT2D eigenvalue weighted by Gasteiger charge is 2.51. The van der Waals surface area contributed by atoms with Crippen molar-refractivity contribution in [2.75, 3.05) is 14.2 Å². The molecule has 0 saturated heterocycles. The van der Waals surface area contributed by atoms with Gasteiger partial charge in [-0.05, 0) is 92.3 Å². The maximum atomic E-state index is 5.51. The van der Waals surface area contributed by atoms with Gasteiger partial charge in [0.25, 0.3) is 0 Å². The molecule has 0 unspecified atom stereocenters. The van der Waals surface area contributed by atoms with Gasteiger partial charge in [0.2, 0.25) is 0 Å². The van der Waals surface area contributed by atoms with E-state index in [0.717, 1.165) is 23.3 Å². The predicted molar refractivity (Wildman–Crippen MR) is 107 cm³/mol. The van der Waals surface area contributed by atoms with E-state index in [0.29, 0.717) is 16.6 Å². The van der Waals surface area contributed by atoms with E-state index in [9.17, 15) is 0 Å². The second-order valence-electron chi connectivity index (χ2n) is 8.14. The quantitative estimate of drug-likeness (QED) is 0.470. The fourth-order valence-corrected chi connectivity index (χ4v) is 5.90. The summed E-state index contributed by atoms with van der Waals surface area (Å²) < 4.78 is 10.6. The van der Waals surface area contributed by atoms with Crippen LogP contribution in [-0.2, 0) is 0 Å². The van der Waals surface area contributed by atoms with Crippen LogP contribution in [0.5, 0.6) is 11.5 Å². The van der Waals surface area contributed by atoms with Crippen LogP contribution >= 0.6 is 12.2 Å². The van der Waals surface area contributed by atoms with Crippen LogP contribution in [0.4, 0.5) is 0 Å². The number of rotatable bonds is 5. The summed E-state index contributed by atoms with van der Waals surface area (Å²) in [5.41, 5.74) is 4.12. The van der Waals surface area contributed by atoms with Crippen molar-refractivity contribution < 1.29 is 9.47 Å². The van der Waals surface area contributed by atoms with Crippen LogP contribution in [0.2, 0.25) is 0 Å². The van der Waals surface area contributed by atoms with Crippen LogP contribution in [-0.4, -0.2) is 31.1 Å². The zero-order valence-corrected chi connectivity index (χ0v) is 16.3. The molecule has 0 heterocycles. The van der Waals surface area contributed by atoms with Crippen LogP contribution in [0.15, 0.2) is 23.3 Å². The Morgan fingerprint density at radius 2 is 1.69 bits per heavy atom. The van der Waals surface area contributed by atoms with Gasteiger partial charge in [-0.1, -0.05) is 0 Å². The number of nitrogens with zero attached hydrogens (tertiary/aromatic N) is 1. The van der Waals surface area contributed by atoms with Crippen molar-refractivity contribution in [2.45, 2.75) is 44.1 Å². The second-order valence-corrected chi connectivity index (χ2v) is 8.54. The lowest BCUT2D eigenvalue weighted by Gasteiger charge is -2.57. The normalized spacial score (nSPS) is 31.8. The SMILES string of the molecule is COc1ccc(/C=N/NC(=S)NC23CC4CC(CC(C4)C2)C3)cc1OC. The molecule has 0 atom stereocenters. The highest BCUT2D eigenvalue weighted by atomic mass is 32.1. The second kappa shape index (κ2) is 7.06. The van der Waals surface area contributed by atoms with Crippen LogP contribution in [0.1, 0.15) is 44.1 Å². The molecule has 0 radical (unpaired) electrons. The molecule has 0 aromatic heterocycles. The molecular weight excluding hydrogens is 346 g/mol. The van der Waals surface area contributed by atoms with E-state index in [4.69, 9.17) is 21.7 Å². The molecule has 5 rings (SSSR count). The average molecular weight is 374 g/mol. The number of nitrogens with one attached hydrogen (secondary N) is 2. The maximum absolute atomic E-state index is 5.51. The molecule has 4 aliphatic rings.